The molecule has 1 saturated heterocycles. The lowest BCUT2D eigenvalue weighted by atomic mass is 10.2. The third-order valence-corrected chi connectivity index (χ3v) is 4.86. The number of aromatic nitrogens is 2. The highest BCUT2D eigenvalue weighted by atomic mass is 16.5. The van der Waals surface area contributed by atoms with Gasteiger partial charge in [0, 0.05) is 31.7 Å². The summed E-state index contributed by atoms with van der Waals surface area (Å²) in [7, 11) is 3.17. The fraction of sp³-hybridized carbons (Fsp3) is 0.350. The molecule has 0 saturated carbocycles. The number of nitrogens with zero attached hydrogens (tertiary/aromatic N) is 4. The van der Waals surface area contributed by atoms with Crippen molar-refractivity contribution in [3.05, 3.63) is 48.2 Å². The molecule has 9 heteroatoms. The minimum Gasteiger partial charge on any atom is -0.493 e. The topological polar surface area (TPSA) is 94.1 Å². The monoisotopic (exact) mass is 398 g/mol. The quantitative estimate of drug-likeness (QED) is 0.624. The molecular weight excluding hydrogens is 376 g/mol. The fourth-order valence-corrected chi connectivity index (χ4v) is 3.27. The van der Waals surface area contributed by atoms with Crippen molar-refractivity contribution in [3.8, 4) is 22.9 Å². The molecule has 152 valence electrons. The maximum absolute atomic E-state index is 12.3. The van der Waals surface area contributed by atoms with Crippen molar-refractivity contribution in [2.45, 2.75) is 6.54 Å². The maximum atomic E-state index is 12.3. The first-order valence-corrected chi connectivity index (χ1v) is 9.28. The minimum atomic E-state index is -0.0804. The van der Waals surface area contributed by atoms with Gasteiger partial charge in [0.25, 0.3) is 5.91 Å². The summed E-state index contributed by atoms with van der Waals surface area (Å²) in [5.41, 5.74) is 0.784. The molecule has 2 aromatic heterocycles. The largest absolute Gasteiger partial charge is 0.493 e. The number of rotatable bonds is 6. The molecule has 9 nitrogen and oxygen atoms in total. The van der Waals surface area contributed by atoms with Crippen molar-refractivity contribution in [2.24, 2.45) is 0 Å². The lowest BCUT2D eigenvalue weighted by Crippen LogP contribution is -2.48. The molecule has 1 aliphatic rings. The number of hydrogen-bond acceptors (Lipinski definition) is 8. The summed E-state index contributed by atoms with van der Waals surface area (Å²) in [5, 5.41) is 4.07. The van der Waals surface area contributed by atoms with E-state index in [-0.39, 0.29) is 5.91 Å². The Hall–Kier alpha value is -3.33. The minimum absolute atomic E-state index is 0.0804. The van der Waals surface area contributed by atoms with Crippen LogP contribution in [0.4, 0.5) is 0 Å². The second-order valence-corrected chi connectivity index (χ2v) is 6.63. The average Bonchev–Trinajstić information content (AvgIpc) is 3.46. The number of ether oxygens (including phenoxy) is 2. The Kier molecular flexibility index (Phi) is 5.48. The summed E-state index contributed by atoms with van der Waals surface area (Å²) >= 11 is 0. The predicted octanol–water partition coefficient (Wildman–Crippen LogP) is 2.30. The Morgan fingerprint density at radius 1 is 1.10 bits per heavy atom. The van der Waals surface area contributed by atoms with Crippen molar-refractivity contribution in [2.75, 3.05) is 40.4 Å². The van der Waals surface area contributed by atoms with Gasteiger partial charge >= 0.3 is 0 Å². The second-order valence-electron chi connectivity index (χ2n) is 6.63. The Morgan fingerprint density at radius 2 is 1.90 bits per heavy atom. The second kappa shape index (κ2) is 8.36. The normalized spacial score (nSPS) is 14.8. The van der Waals surface area contributed by atoms with Gasteiger partial charge in [-0.3, -0.25) is 9.69 Å². The van der Waals surface area contributed by atoms with Crippen LogP contribution in [0, 0.1) is 0 Å². The number of amides is 1. The molecule has 0 spiro atoms. The van der Waals surface area contributed by atoms with Crippen LogP contribution in [0.2, 0.25) is 0 Å². The first kappa shape index (κ1) is 19.0. The van der Waals surface area contributed by atoms with Crippen LogP contribution < -0.4 is 9.47 Å². The van der Waals surface area contributed by atoms with Crippen LogP contribution in [0.5, 0.6) is 11.5 Å². The molecule has 29 heavy (non-hydrogen) atoms. The van der Waals surface area contributed by atoms with Crippen LogP contribution in [-0.2, 0) is 6.54 Å². The number of hydrogen-bond donors (Lipinski definition) is 0. The Labute approximate surface area is 167 Å². The number of benzene rings is 1. The summed E-state index contributed by atoms with van der Waals surface area (Å²) in [6.07, 6.45) is 1.51. The molecule has 3 heterocycles. The van der Waals surface area contributed by atoms with Gasteiger partial charge in [0.2, 0.25) is 11.7 Å². The van der Waals surface area contributed by atoms with E-state index in [4.69, 9.17) is 18.4 Å². The summed E-state index contributed by atoms with van der Waals surface area (Å²) < 4.78 is 21.2. The number of furan rings is 1. The van der Waals surface area contributed by atoms with E-state index in [9.17, 15) is 4.79 Å². The zero-order valence-corrected chi connectivity index (χ0v) is 16.3. The van der Waals surface area contributed by atoms with E-state index >= 15 is 0 Å². The Balaban J connectivity index is 1.36. The summed E-state index contributed by atoms with van der Waals surface area (Å²) in [4.78, 5) is 20.8. The van der Waals surface area contributed by atoms with Gasteiger partial charge < -0.3 is 23.3 Å². The van der Waals surface area contributed by atoms with Gasteiger partial charge in [-0.05, 0) is 30.3 Å². The van der Waals surface area contributed by atoms with Crippen LogP contribution in [0.25, 0.3) is 11.4 Å². The zero-order valence-electron chi connectivity index (χ0n) is 16.3. The third-order valence-electron chi connectivity index (χ3n) is 4.86. The first-order valence-electron chi connectivity index (χ1n) is 9.28. The van der Waals surface area contributed by atoms with Crippen molar-refractivity contribution < 1.29 is 23.2 Å². The summed E-state index contributed by atoms with van der Waals surface area (Å²) in [5.74, 6) is 2.56. The van der Waals surface area contributed by atoms with Gasteiger partial charge in [-0.15, -0.1) is 0 Å². The van der Waals surface area contributed by atoms with E-state index in [0.717, 1.165) is 18.7 Å². The summed E-state index contributed by atoms with van der Waals surface area (Å²) in [6, 6.07) is 8.87. The van der Waals surface area contributed by atoms with Crippen molar-refractivity contribution in [3.63, 3.8) is 0 Å². The van der Waals surface area contributed by atoms with E-state index < -0.39 is 0 Å². The first-order chi connectivity index (χ1) is 14.2. The number of carbonyl (C=O) groups excluding carboxylic acids is 1. The molecule has 0 unspecified atom stereocenters. The molecule has 4 rings (SSSR count). The smallest absolute Gasteiger partial charge is 0.289 e. The Bertz CT molecular complexity index is 961. The van der Waals surface area contributed by atoms with Crippen LogP contribution in [0.15, 0.2) is 45.5 Å². The highest BCUT2D eigenvalue weighted by molar-refractivity contribution is 5.91. The van der Waals surface area contributed by atoms with Crippen LogP contribution in [0.3, 0.4) is 0 Å². The lowest BCUT2D eigenvalue weighted by Gasteiger charge is -2.33. The Morgan fingerprint density at radius 3 is 2.59 bits per heavy atom. The average molecular weight is 398 g/mol. The van der Waals surface area contributed by atoms with E-state index in [1.165, 1.54) is 6.26 Å². The van der Waals surface area contributed by atoms with E-state index in [1.807, 2.05) is 12.1 Å². The molecule has 0 bridgehead atoms. The molecule has 0 radical (unpaired) electrons. The molecule has 1 fully saturated rings. The molecule has 1 aliphatic heterocycles. The van der Waals surface area contributed by atoms with Gasteiger partial charge in [0.05, 0.1) is 27.0 Å². The fourth-order valence-electron chi connectivity index (χ4n) is 3.27. The molecule has 0 N–H and O–H groups in total. The molecule has 1 amide bonds. The van der Waals surface area contributed by atoms with Gasteiger partial charge in [-0.25, -0.2) is 0 Å². The van der Waals surface area contributed by atoms with E-state index in [1.54, 1.807) is 37.3 Å². The molecule has 3 aromatic rings. The van der Waals surface area contributed by atoms with Crippen LogP contribution in [-0.4, -0.2) is 66.2 Å². The summed E-state index contributed by atoms with van der Waals surface area (Å²) in [6.45, 7) is 3.22. The third kappa shape index (κ3) is 4.09. The van der Waals surface area contributed by atoms with Gasteiger partial charge in [0.15, 0.2) is 17.3 Å². The maximum Gasteiger partial charge on any atom is 0.289 e. The van der Waals surface area contributed by atoms with Crippen molar-refractivity contribution in [1.82, 2.24) is 19.9 Å². The molecule has 1 aromatic carbocycles. The standard InChI is InChI=1S/C20H22N4O5/c1-26-15-6-5-14(12-17(15)27-2)19-21-18(29-22-19)13-23-7-9-24(10-8-23)20(25)16-4-3-11-28-16/h3-6,11-12H,7-10,13H2,1-2H3. The van der Waals surface area contributed by atoms with Gasteiger partial charge in [0.1, 0.15) is 0 Å². The zero-order chi connectivity index (χ0) is 20.2. The van der Waals surface area contributed by atoms with Crippen LogP contribution >= 0.6 is 0 Å². The van der Waals surface area contributed by atoms with E-state index in [2.05, 4.69) is 15.0 Å². The van der Waals surface area contributed by atoms with E-state index in [0.29, 0.717) is 48.6 Å². The lowest BCUT2D eigenvalue weighted by molar-refractivity contribution is 0.0585. The number of methoxy groups -OCH3 is 2. The van der Waals surface area contributed by atoms with Gasteiger partial charge in [-0.2, -0.15) is 4.98 Å². The number of carbonyl (C=O) groups is 1. The molecular formula is C20H22N4O5. The molecule has 0 atom stereocenters. The number of piperazine rings is 1. The highest BCUT2D eigenvalue weighted by Crippen LogP contribution is 2.31. The van der Waals surface area contributed by atoms with Crippen molar-refractivity contribution in [1.29, 1.82) is 0 Å². The van der Waals surface area contributed by atoms with Crippen LogP contribution in [0.1, 0.15) is 16.4 Å². The predicted molar refractivity (Wildman–Crippen MR) is 103 cm³/mol. The highest BCUT2D eigenvalue weighted by Gasteiger charge is 2.24. The molecule has 0 aliphatic carbocycles. The van der Waals surface area contributed by atoms with Gasteiger partial charge in [-0.1, -0.05) is 5.16 Å². The SMILES string of the molecule is COc1ccc(-c2noc(CN3CCN(C(=O)c4ccco4)CC3)n2)cc1OC. The van der Waals surface area contributed by atoms with Crippen molar-refractivity contribution >= 4 is 5.91 Å².